The Morgan fingerprint density at radius 3 is 2.47 bits per heavy atom. The number of nitrogens with two attached hydrogens (primary N) is 1. The molecule has 1 saturated heterocycles. The number of rotatable bonds is 7. The van der Waals surface area contributed by atoms with Crippen molar-refractivity contribution >= 4 is 28.0 Å². The first-order valence-corrected chi connectivity index (χ1v) is 14.0. The summed E-state index contributed by atoms with van der Waals surface area (Å²) < 4.78 is 34.1. The number of aliphatic imine (C=N–C) groups is 1. The molecular weight excluding hydrogens is 476 g/mol. The Bertz CT molecular complexity index is 1230. The minimum atomic E-state index is -3.74. The van der Waals surface area contributed by atoms with E-state index in [1.807, 2.05) is 24.5 Å². The van der Waals surface area contributed by atoms with Crippen LogP contribution in [0.5, 0.6) is 5.75 Å². The lowest BCUT2D eigenvalue weighted by molar-refractivity contribution is 0.132. The van der Waals surface area contributed by atoms with Gasteiger partial charge in [0.15, 0.2) is 5.96 Å². The molecule has 0 spiro atoms. The summed E-state index contributed by atoms with van der Waals surface area (Å²) in [6.45, 7) is 3.04. The maximum atomic E-state index is 13.3. The highest BCUT2D eigenvalue weighted by molar-refractivity contribution is 7.92. The van der Waals surface area contributed by atoms with Gasteiger partial charge in [-0.1, -0.05) is 6.07 Å². The van der Waals surface area contributed by atoms with E-state index in [4.69, 9.17) is 15.9 Å². The Balaban J connectivity index is 1.21. The number of likely N-dealkylation sites (tertiary alicyclic amines) is 1. The third-order valence-corrected chi connectivity index (χ3v) is 8.96. The topological polar surface area (TPSA) is 115 Å². The van der Waals surface area contributed by atoms with Crippen molar-refractivity contribution in [2.24, 2.45) is 10.7 Å². The zero-order valence-electron chi connectivity index (χ0n) is 20.6. The van der Waals surface area contributed by atoms with E-state index in [1.165, 1.54) is 17.1 Å². The maximum Gasteiger partial charge on any atom is 0.264 e. The number of ether oxygens (including phenoxy) is 1. The Morgan fingerprint density at radius 1 is 1.08 bits per heavy atom. The smallest absolute Gasteiger partial charge is 0.264 e. The summed E-state index contributed by atoms with van der Waals surface area (Å²) in [6.07, 6.45) is 7.14. The molecule has 2 aromatic carbocycles. The van der Waals surface area contributed by atoms with Gasteiger partial charge in [0.2, 0.25) is 0 Å². The fourth-order valence-corrected chi connectivity index (χ4v) is 5.83. The number of guanidine groups is 1. The van der Waals surface area contributed by atoms with E-state index in [9.17, 15) is 8.42 Å². The highest BCUT2D eigenvalue weighted by atomic mass is 32.2. The van der Waals surface area contributed by atoms with Gasteiger partial charge in [-0.3, -0.25) is 14.7 Å². The van der Waals surface area contributed by atoms with Crippen LogP contribution in [-0.4, -0.2) is 69.3 Å². The normalized spacial score (nSPS) is 18.8. The number of anilines is 1. The van der Waals surface area contributed by atoms with Crippen LogP contribution in [0.2, 0.25) is 0 Å². The van der Waals surface area contributed by atoms with Crippen molar-refractivity contribution in [1.29, 1.82) is 5.41 Å². The Labute approximate surface area is 213 Å². The molecule has 5 rings (SSSR count). The molecule has 0 unspecified atom stereocenters. The lowest BCUT2D eigenvalue weighted by Crippen LogP contribution is -2.40. The summed E-state index contributed by atoms with van der Waals surface area (Å²) in [5.41, 5.74) is 8.38. The van der Waals surface area contributed by atoms with Crippen LogP contribution >= 0.6 is 0 Å². The molecule has 1 saturated carbocycles. The lowest BCUT2D eigenvalue weighted by atomic mass is 9.99. The molecule has 0 bridgehead atoms. The average Bonchev–Trinajstić information content (AvgIpc) is 3.72. The van der Waals surface area contributed by atoms with Crippen LogP contribution in [0.1, 0.15) is 36.8 Å². The van der Waals surface area contributed by atoms with Crippen LogP contribution in [0.15, 0.2) is 52.4 Å². The molecule has 2 fully saturated rings. The Kier molecular flexibility index (Phi) is 6.79. The summed E-state index contributed by atoms with van der Waals surface area (Å²) in [4.78, 5) is 8.80. The summed E-state index contributed by atoms with van der Waals surface area (Å²) in [5.74, 6) is 0.710. The summed E-state index contributed by atoms with van der Waals surface area (Å²) >= 11 is 0. The number of benzene rings is 2. The monoisotopic (exact) mass is 510 g/mol. The van der Waals surface area contributed by atoms with Gasteiger partial charge in [0.25, 0.3) is 10.0 Å². The van der Waals surface area contributed by atoms with Gasteiger partial charge < -0.3 is 20.3 Å². The van der Waals surface area contributed by atoms with E-state index in [0.717, 1.165) is 43.5 Å². The molecule has 0 amide bonds. The minimum absolute atomic E-state index is 0.0299. The minimum Gasteiger partial charge on any atom is -0.490 e. The van der Waals surface area contributed by atoms with Gasteiger partial charge in [-0.15, -0.1) is 0 Å². The van der Waals surface area contributed by atoms with Crippen molar-refractivity contribution in [3.63, 3.8) is 0 Å². The summed E-state index contributed by atoms with van der Waals surface area (Å²) in [7, 11) is -2.18. The molecule has 10 heteroatoms. The fourth-order valence-electron chi connectivity index (χ4n) is 4.65. The van der Waals surface area contributed by atoms with Crippen molar-refractivity contribution in [3.05, 3.63) is 53.6 Å². The molecule has 0 atom stereocenters. The highest BCUT2D eigenvalue weighted by Gasteiger charge is 2.25. The van der Waals surface area contributed by atoms with E-state index < -0.39 is 10.0 Å². The summed E-state index contributed by atoms with van der Waals surface area (Å²) in [6, 6.07) is 12.9. The standard InChI is InChI=1S/C26H34N6O3S/c1-30(22-5-2-19-10-15-32(26(27)28)17-20(19)16-22)36(33,34)25-8-6-23(7-9-25)35-24-11-13-31(14-12-24)18-29-21-3-4-21/h2,5-9,16,18,21,24H,3-4,10-15,17H2,1H3,(H3,27,28). The van der Waals surface area contributed by atoms with Crippen molar-refractivity contribution in [1.82, 2.24) is 9.80 Å². The van der Waals surface area contributed by atoms with Crippen LogP contribution < -0.4 is 14.8 Å². The molecule has 192 valence electrons. The third kappa shape index (κ3) is 5.43. The first-order valence-electron chi connectivity index (χ1n) is 12.5. The van der Waals surface area contributed by atoms with Crippen LogP contribution in [-0.2, 0) is 23.0 Å². The van der Waals surface area contributed by atoms with Crippen LogP contribution in [0.4, 0.5) is 5.69 Å². The number of fused-ring (bicyclic) bond motifs is 1. The average molecular weight is 511 g/mol. The Hall–Kier alpha value is -3.27. The molecule has 2 aliphatic heterocycles. The molecule has 2 aromatic rings. The highest BCUT2D eigenvalue weighted by Crippen LogP contribution is 2.29. The molecule has 9 nitrogen and oxygen atoms in total. The second-order valence-electron chi connectivity index (χ2n) is 9.80. The lowest BCUT2D eigenvalue weighted by Gasteiger charge is -2.31. The second kappa shape index (κ2) is 10.0. The van der Waals surface area contributed by atoms with E-state index >= 15 is 0 Å². The third-order valence-electron chi connectivity index (χ3n) is 7.16. The van der Waals surface area contributed by atoms with E-state index in [-0.39, 0.29) is 17.0 Å². The number of piperidine rings is 1. The van der Waals surface area contributed by atoms with Crippen molar-refractivity contribution in [3.8, 4) is 5.75 Å². The number of hydrogen-bond donors (Lipinski definition) is 2. The molecular formula is C26H34N6O3S. The summed E-state index contributed by atoms with van der Waals surface area (Å²) in [5, 5.41) is 7.70. The quantitative estimate of drug-likeness (QED) is 0.437. The predicted molar refractivity (Wildman–Crippen MR) is 141 cm³/mol. The molecule has 3 aliphatic rings. The first kappa shape index (κ1) is 24.4. The molecule has 3 N–H and O–H groups in total. The van der Waals surface area contributed by atoms with Gasteiger partial charge in [0.1, 0.15) is 11.9 Å². The van der Waals surface area contributed by atoms with Gasteiger partial charge in [0, 0.05) is 46.1 Å². The Morgan fingerprint density at radius 2 is 1.81 bits per heavy atom. The predicted octanol–water partition coefficient (Wildman–Crippen LogP) is 2.80. The molecule has 36 heavy (non-hydrogen) atoms. The number of hydrogen-bond acceptors (Lipinski definition) is 5. The number of nitrogens with zero attached hydrogens (tertiary/aromatic N) is 4. The van der Waals surface area contributed by atoms with Crippen LogP contribution in [0, 0.1) is 5.41 Å². The van der Waals surface area contributed by atoms with Gasteiger partial charge in [0.05, 0.1) is 23.0 Å². The zero-order valence-corrected chi connectivity index (χ0v) is 21.5. The van der Waals surface area contributed by atoms with E-state index in [2.05, 4.69) is 9.89 Å². The molecule has 1 aliphatic carbocycles. The second-order valence-corrected chi connectivity index (χ2v) is 11.8. The SMILES string of the molecule is CN(c1ccc2c(c1)CN(C(=N)N)CC2)S(=O)(=O)c1ccc(OC2CCN(C=NC3CC3)CC2)cc1. The van der Waals surface area contributed by atoms with Crippen molar-refractivity contribution in [2.75, 3.05) is 31.0 Å². The zero-order chi connectivity index (χ0) is 25.3. The van der Waals surface area contributed by atoms with Gasteiger partial charge in [-0.05, 0) is 66.8 Å². The number of sulfonamides is 1. The molecule has 0 radical (unpaired) electrons. The van der Waals surface area contributed by atoms with E-state index in [1.54, 1.807) is 36.2 Å². The van der Waals surface area contributed by atoms with Crippen molar-refractivity contribution in [2.45, 2.75) is 55.7 Å². The van der Waals surface area contributed by atoms with Crippen LogP contribution in [0.3, 0.4) is 0 Å². The van der Waals surface area contributed by atoms with Gasteiger partial charge >= 0.3 is 0 Å². The van der Waals surface area contributed by atoms with E-state index in [0.29, 0.717) is 30.6 Å². The van der Waals surface area contributed by atoms with Gasteiger partial charge in [-0.25, -0.2) is 8.42 Å². The van der Waals surface area contributed by atoms with Crippen molar-refractivity contribution < 1.29 is 13.2 Å². The fraction of sp³-hybridized carbons (Fsp3) is 0.462. The molecule has 2 heterocycles. The maximum absolute atomic E-state index is 13.3. The van der Waals surface area contributed by atoms with Gasteiger partial charge in [-0.2, -0.15) is 0 Å². The largest absolute Gasteiger partial charge is 0.490 e. The number of nitrogens with one attached hydrogen (secondary N) is 1. The molecule has 0 aromatic heterocycles. The first-order chi connectivity index (χ1) is 17.3. The van der Waals surface area contributed by atoms with Crippen LogP contribution in [0.25, 0.3) is 0 Å².